The number of hydrogen-bond donors (Lipinski definition) is 3. The average molecular weight is 187 g/mol. The van der Waals surface area contributed by atoms with Gasteiger partial charge in [0.25, 0.3) is 0 Å². The first-order valence-electron chi connectivity index (χ1n) is 4.44. The molecule has 0 unspecified atom stereocenters. The largest absolute Gasteiger partial charge is 0.355 e. The summed E-state index contributed by atoms with van der Waals surface area (Å²) in [5.74, 6) is -0.346. The number of nitrogens with one attached hydrogen (secondary N) is 2. The molecule has 0 fully saturated rings. The van der Waals surface area contributed by atoms with Gasteiger partial charge >= 0.3 is 0 Å². The van der Waals surface area contributed by atoms with Crippen LogP contribution in [0.15, 0.2) is 0 Å². The lowest BCUT2D eigenvalue weighted by Crippen LogP contribution is -2.37. The summed E-state index contributed by atoms with van der Waals surface area (Å²) in [5, 5.41) is 5.11. The lowest BCUT2D eigenvalue weighted by Gasteiger charge is -2.04. The lowest BCUT2D eigenvalue weighted by atomic mass is 10.4. The van der Waals surface area contributed by atoms with Crippen LogP contribution in [0.4, 0.5) is 0 Å². The second-order valence-corrected chi connectivity index (χ2v) is 2.67. The normalized spacial score (nSPS) is 9.38. The third-order valence-electron chi connectivity index (χ3n) is 1.39. The zero-order chi connectivity index (χ0) is 10.1. The molecule has 13 heavy (non-hydrogen) atoms. The highest BCUT2D eigenvalue weighted by molar-refractivity contribution is 5.84. The summed E-state index contributed by atoms with van der Waals surface area (Å²) in [7, 11) is 0. The monoisotopic (exact) mass is 187 g/mol. The third kappa shape index (κ3) is 7.27. The molecule has 0 atom stereocenters. The van der Waals surface area contributed by atoms with Crippen molar-refractivity contribution in [2.45, 2.75) is 19.8 Å². The maximum Gasteiger partial charge on any atom is 0.239 e. The molecule has 0 aliphatic carbocycles. The van der Waals surface area contributed by atoms with Gasteiger partial charge in [-0.1, -0.05) is 6.92 Å². The number of carbonyl (C=O) groups excluding carboxylic acids is 2. The average Bonchev–Trinajstić information content (AvgIpc) is 2.12. The molecular weight excluding hydrogens is 170 g/mol. The standard InChI is InChI=1S/C8H17N3O2/c1-2-5-10-8(13)6-11-7(12)3-4-9/h2-6,9H2,1H3,(H,10,13)(H,11,12). The van der Waals surface area contributed by atoms with E-state index in [-0.39, 0.29) is 24.8 Å². The molecule has 0 radical (unpaired) electrons. The van der Waals surface area contributed by atoms with Gasteiger partial charge in [-0.3, -0.25) is 9.59 Å². The maximum atomic E-state index is 11.0. The van der Waals surface area contributed by atoms with E-state index in [4.69, 9.17) is 5.73 Å². The predicted molar refractivity (Wildman–Crippen MR) is 50.0 cm³/mol. The predicted octanol–water partition coefficient (Wildman–Crippen LogP) is -1.02. The highest BCUT2D eigenvalue weighted by Gasteiger charge is 2.02. The summed E-state index contributed by atoms with van der Waals surface area (Å²) in [4.78, 5) is 21.8. The van der Waals surface area contributed by atoms with Crippen molar-refractivity contribution in [3.63, 3.8) is 0 Å². The fourth-order valence-electron chi connectivity index (χ4n) is 0.725. The van der Waals surface area contributed by atoms with E-state index in [9.17, 15) is 9.59 Å². The molecule has 0 aliphatic heterocycles. The number of hydrogen-bond acceptors (Lipinski definition) is 3. The van der Waals surface area contributed by atoms with E-state index < -0.39 is 0 Å². The molecule has 0 aliphatic rings. The van der Waals surface area contributed by atoms with Gasteiger partial charge in [0.2, 0.25) is 11.8 Å². The van der Waals surface area contributed by atoms with Crippen LogP contribution in [0.5, 0.6) is 0 Å². The van der Waals surface area contributed by atoms with E-state index in [0.717, 1.165) is 6.42 Å². The molecule has 0 heterocycles. The van der Waals surface area contributed by atoms with Crippen LogP contribution in [-0.2, 0) is 9.59 Å². The maximum absolute atomic E-state index is 11.0. The zero-order valence-electron chi connectivity index (χ0n) is 7.93. The highest BCUT2D eigenvalue weighted by Crippen LogP contribution is 1.75. The first kappa shape index (κ1) is 11.9. The number of carbonyl (C=O) groups is 2. The first-order valence-corrected chi connectivity index (χ1v) is 4.44. The van der Waals surface area contributed by atoms with Crippen molar-refractivity contribution >= 4 is 11.8 Å². The smallest absolute Gasteiger partial charge is 0.239 e. The van der Waals surface area contributed by atoms with Crippen molar-refractivity contribution in [3.05, 3.63) is 0 Å². The van der Waals surface area contributed by atoms with Crippen molar-refractivity contribution in [3.8, 4) is 0 Å². The molecule has 0 saturated carbocycles. The van der Waals surface area contributed by atoms with Gasteiger partial charge in [-0.15, -0.1) is 0 Å². The Bertz CT molecular complexity index is 171. The summed E-state index contributed by atoms with van der Waals surface area (Å²) in [5.41, 5.74) is 5.15. The Labute approximate surface area is 78.1 Å². The van der Waals surface area contributed by atoms with Crippen molar-refractivity contribution in [2.24, 2.45) is 5.73 Å². The zero-order valence-corrected chi connectivity index (χ0v) is 7.93. The molecule has 76 valence electrons. The molecule has 0 aromatic rings. The third-order valence-corrected chi connectivity index (χ3v) is 1.39. The quantitative estimate of drug-likeness (QED) is 0.497. The van der Waals surface area contributed by atoms with Crippen molar-refractivity contribution < 1.29 is 9.59 Å². The summed E-state index contributed by atoms with van der Waals surface area (Å²) in [6, 6.07) is 0. The Morgan fingerprint density at radius 1 is 1.23 bits per heavy atom. The molecule has 0 aromatic carbocycles. The van der Waals surface area contributed by atoms with E-state index in [1.807, 2.05) is 6.92 Å². The molecule has 0 rings (SSSR count). The van der Waals surface area contributed by atoms with Gasteiger partial charge in [-0.2, -0.15) is 0 Å². The van der Waals surface area contributed by atoms with Crippen LogP contribution in [0.1, 0.15) is 19.8 Å². The van der Waals surface area contributed by atoms with Gasteiger partial charge < -0.3 is 16.4 Å². The molecule has 4 N–H and O–H groups in total. The molecule has 0 aromatic heterocycles. The second-order valence-electron chi connectivity index (χ2n) is 2.67. The molecule has 0 spiro atoms. The molecule has 0 saturated heterocycles. The van der Waals surface area contributed by atoms with Crippen LogP contribution in [0, 0.1) is 0 Å². The molecule has 2 amide bonds. The number of nitrogens with two attached hydrogens (primary N) is 1. The summed E-state index contributed by atoms with van der Waals surface area (Å²) in [6.07, 6.45) is 1.16. The van der Waals surface area contributed by atoms with Crippen LogP contribution < -0.4 is 16.4 Å². The molecule has 5 heteroatoms. The van der Waals surface area contributed by atoms with Gasteiger partial charge in [-0.25, -0.2) is 0 Å². The minimum Gasteiger partial charge on any atom is -0.355 e. The van der Waals surface area contributed by atoms with Crippen molar-refractivity contribution in [1.82, 2.24) is 10.6 Å². The molecular formula is C8H17N3O2. The Kier molecular flexibility index (Phi) is 6.91. The minimum atomic E-state index is -0.186. The van der Waals surface area contributed by atoms with Gasteiger partial charge in [0.1, 0.15) is 0 Å². The molecule has 0 bridgehead atoms. The van der Waals surface area contributed by atoms with Crippen molar-refractivity contribution in [2.75, 3.05) is 19.6 Å². The van der Waals surface area contributed by atoms with E-state index in [2.05, 4.69) is 10.6 Å². The fraction of sp³-hybridized carbons (Fsp3) is 0.750. The van der Waals surface area contributed by atoms with Gasteiger partial charge in [0.05, 0.1) is 6.54 Å². The van der Waals surface area contributed by atoms with Gasteiger partial charge in [0.15, 0.2) is 0 Å². The first-order chi connectivity index (χ1) is 6.20. The topological polar surface area (TPSA) is 84.2 Å². The van der Waals surface area contributed by atoms with E-state index >= 15 is 0 Å². The summed E-state index contributed by atoms with van der Waals surface area (Å²) >= 11 is 0. The van der Waals surface area contributed by atoms with Crippen LogP contribution >= 0.6 is 0 Å². The number of amides is 2. The summed E-state index contributed by atoms with van der Waals surface area (Å²) in [6.45, 7) is 2.96. The van der Waals surface area contributed by atoms with Crippen LogP contribution in [0.2, 0.25) is 0 Å². The fourth-order valence-corrected chi connectivity index (χ4v) is 0.725. The van der Waals surface area contributed by atoms with Gasteiger partial charge in [-0.05, 0) is 6.42 Å². The van der Waals surface area contributed by atoms with Crippen LogP contribution in [0.25, 0.3) is 0 Å². The highest BCUT2D eigenvalue weighted by atomic mass is 16.2. The van der Waals surface area contributed by atoms with E-state index in [1.165, 1.54) is 0 Å². The SMILES string of the molecule is CCCNC(=O)CNC(=O)CCN. The Morgan fingerprint density at radius 3 is 2.46 bits per heavy atom. The van der Waals surface area contributed by atoms with Crippen LogP contribution in [0.3, 0.4) is 0 Å². The van der Waals surface area contributed by atoms with E-state index in [1.54, 1.807) is 0 Å². The van der Waals surface area contributed by atoms with Crippen LogP contribution in [-0.4, -0.2) is 31.4 Å². The Hall–Kier alpha value is -1.10. The Balaban J connectivity index is 3.40. The second kappa shape index (κ2) is 7.54. The van der Waals surface area contributed by atoms with E-state index in [0.29, 0.717) is 13.1 Å². The lowest BCUT2D eigenvalue weighted by molar-refractivity contribution is -0.126. The Morgan fingerprint density at radius 2 is 1.92 bits per heavy atom. The van der Waals surface area contributed by atoms with Crippen molar-refractivity contribution in [1.29, 1.82) is 0 Å². The summed E-state index contributed by atoms with van der Waals surface area (Å²) < 4.78 is 0. The molecule has 5 nitrogen and oxygen atoms in total. The number of rotatable bonds is 6. The van der Waals surface area contributed by atoms with Gasteiger partial charge in [0, 0.05) is 19.5 Å². The minimum absolute atomic E-state index is 0.0405.